The van der Waals surface area contributed by atoms with Crippen molar-refractivity contribution in [1.82, 2.24) is 10.2 Å². The molecule has 3 aromatic rings. The maximum absolute atomic E-state index is 14.6. The molecule has 3 fully saturated rings. The molecule has 0 aromatic heterocycles. The van der Waals surface area contributed by atoms with Gasteiger partial charge >= 0.3 is 0 Å². The van der Waals surface area contributed by atoms with Crippen LogP contribution in [-0.4, -0.2) is 55.9 Å². The zero-order valence-corrected chi connectivity index (χ0v) is 25.8. The number of nitrogens with one attached hydrogen (secondary N) is 2. The lowest BCUT2D eigenvalue weighted by molar-refractivity contribution is -0.142. The maximum atomic E-state index is 14.6. The molecule has 3 amide bonds. The van der Waals surface area contributed by atoms with Crippen molar-refractivity contribution in [1.29, 1.82) is 0 Å². The normalized spacial score (nSPS) is 28.0. The van der Waals surface area contributed by atoms with E-state index in [2.05, 4.69) is 17.6 Å². The Hall–Kier alpha value is -3.33. The summed E-state index contributed by atoms with van der Waals surface area (Å²) in [5, 5.41) is 17.2. The highest BCUT2D eigenvalue weighted by molar-refractivity contribution is 8.02. The number of aliphatic hydroxyl groups excluding tert-OH is 1. The minimum absolute atomic E-state index is 0.176. The first-order valence-corrected chi connectivity index (χ1v) is 15.9. The largest absolute Gasteiger partial charge is 0.394 e. The van der Waals surface area contributed by atoms with Crippen LogP contribution in [0, 0.1) is 18.8 Å². The van der Waals surface area contributed by atoms with Crippen LogP contribution in [0.15, 0.2) is 78.9 Å². The van der Waals surface area contributed by atoms with Gasteiger partial charge < -0.3 is 20.6 Å². The van der Waals surface area contributed by atoms with Crippen molar-refractivity contribution < 1.29 is 19.5 Å². The second-order valence-electron chi connectivity index (χ2n) is 12.1. The number of hydrogen-bond donors (Lipinski definition) is 3. The van der Waals surface area contributed by atoms with E-state index in [1.165, 1.54) is 0 Å². The number of rotatable bonds is 9. The molecule has 7 nitrogen and oxygen atoms in total. The average molecular weight is 618 g/mol. The van der Waals surface area contributed by atoms with Crippen LogP contribution in [-0.2, 0) is 27.3 Å². The van der Waals surface area contributed by atoms with Gasteiger partial charge in [0.25, 0.3) is 0 Å². The second-order valence-corrected chi connectivity index (χ2v) is 14.4. The molecule has 3 aliphatic heterocycles. The number of carbonyl (C=O) groups excluding carboxylic acids is 3. The fourth-order valence-electron chi connectivity index (χ4n) is 7.47. The van der Waals surface area contributed by atoms with Gasteiger partial charge in [-0.25, -0.2) is 0 Å². The highest BCUT2D eigenvalue weighted by Crippen LogP contribution is 2.71. The van der Waals surface area contributed by atoms with Crippen molar-refractivity contribution in [2.75, 3.05) is 11.9 Å². The van der Waals surface area contributed by atoms with Gasteiger partial charge in [-0.3, -0.25) is 14.4 Å². The zero-order chi connectivity index (χ0) is 30.4. The van der Waals surface area contributed by atoms with E-state index >= 15 is 0 Å². The Labute approximate surface area is 261 Å². The smallest absolute Gasteiger partial charge is 0.248 e. The summed E-state index contributed by atoms with van der Waals surface area (Å²) in [4.78, 5) is 44.5. The minimum atomic E-state index is -0.889. The summed E-state index contributed by atoms with van der Waals surface area (Å²) in [6.45, 7) is 3.97. The van der Waals surface area contributed by atoms with E-state index in [1.807, 2.05) is 79.7 Å². The lowest BCUT2D eigenvalue weighted by atomic mass is 9.66. The summed E-state index contributed by atoms with van der Waals surface area (Å²) < 4.78 is -1.32. The molecule has 3 aromatic carbocycles. The Bertz CT molecular complexity index is 1520. The Morgan fingerprint density at radius 3 is 2.33 bits per heavy atom. The van der Waals surface area contributed by atoms with Crippen LogP contribution >= 0.6 is 23.4 Å². The molecule has 1 spiro atoms. The minimum Gasteiger partial charge on any atom is -0.394 e. The number of anilines is 1. The lowest BCUT2D eigenvalue weighted by Gasteiger charge is -2.37. The SMILES string of the molecule is Cc1cccc(Cl)c1NC(=O)C1N([C@@H](CO)Cc2ccccc2)C(=O)[C@@H]2[C@H](C(=O)NCc3ccccc3)[C@]3(C)CCC12S3. The molecule has 2 bridgehead atoms. The van der Waals surface area contributed by atoms with Crippen LogP contribution in [0.25, 0.3) is 0 Å². The first-order chi connectivity index (χ1) is 20.7. The summed E-state index contributed by atoms with van der Waals surface area (Å²) in [5.41, 5.74) is 3.24. The third-order valence-corrected chi connectivity index (χ3v) is 11.7. The molecule has 3 heterocycles. The van der Waals surface area contributed by atoms with E-state index in [-0.39, 0.29) is 24.3 Å². The summed E-state index contributed by atoms with van der Waals surface area (Å²) in [7, 11) is 0. The van der Waals surface area contributed by atoms with Gasteiger partial charge in [-0.1, -0.05) is 84.4 Å². The van der Waals surface area contributed by atoms with Gasteiger partial charge in [-0.05, 0) is 55.9 Å². The number of halogens is 1. The molecule has 6 atom stereocenters. The predicted octanol–water partition coefficient (Wildman–Crippen LogP) is 4.99. The molecule has 3 aliphatic rings. The van der Waals surface area contributed by atoms with E-state index in [0.717, 1.165) is 16.7 Å². The third kappa shape index (κ3) is 5.13. The van der Waals surface area contributed by atoms with Gasteiger partial charge in [0.1, 0.15) is 6.04 Å². The molecule has 0 radical (unpaired) electrons. The van der Waals surface area contributed by atoms with Gasteiger partial charge in [0.2, 0.25) is 17.7 Å². The molecular formula is C34H36ClN3O4S. The topological polar surface area (TPSA) is 98.7 Å². The van der Waals surface area contributed by atoms with E-state index < -0.39 is 33.4 Å². The summed E-state index contributed by atoms with van der Waals surface area (Å²) in [6.07, 6.45) is 1.70. The highest BCUT2D eigenvalue weighted by atomic mass is 35.5. The predicted molar refractivity (Wildman–Crippen MR) is 170 cm³/mol. The monoisotopic (exact) mass is 617 g/mol. The van der Waals surface area contributed by atoms with Crippen LogP contribution in [0.1, 0.15) is 36.5 Å². The van der Waals surface area contributed by atoms with Crippen LogP contribution in [0.4, 0.5) is 5.69 Å². The van der Waals surface area contributed by atoms with Crippen LogP contribution in [0.5, 0.6) is 0 Å². The number of thioether (sulfide) groups is 1. The molecule has 0 saturated carbocycles. The lowest BCUT2D eigenvalue weighted by Crippen LogP contribution is -2.55. The maximum Gasteiger partial charge on any atom is 0.248 e. The molecule has 6 rings (SSSR count). The second kappa shape index (κ2) is 11.6. The van der Waals surface area contributed by atoms with Crippen molar-refractivity contribution in [2.45, 2.75) is 61.2 Å². The van der Waals surface area contributed by atoms with Crippen molar-refractivity contribution in [3.63, 3.8) is 0 Å². The molecule has 3 saturated heterocycles. The number of benzene rings is 3. The number of likely N-dealkylation sites (tertiary alicyclic amines) is 1. The Kier molecular flexibility index (Phi) is 8.05. The number of carbonyl (C=O) groups is 3. The van der Waals surface area contributed by atoms with Crippen molar-refractivity contribution in [3.8, 4) is 0 Å². The number of aliphatic hydroxyl groups is 1. The van der Waals surface area contributed by atoms with Gasteiger partial charge in [0.15, 0.2) is 0 Å². The van der Waals surface area contributed by atoms with Gasteiger partial charge in [-0.2, -0.15) is 0 Å². The van der Waals surface area contributed by atoms with Crippen LogP contribution < -0.4 is 10.6 Å². The van der Waals surface area contributed by atoms with Crippen molar-refractivity contribution in [2.24, 2.45) is 11.8 Å². The summed E-state index contributed by atoms with van der Waals surface area (Å²) >= 11 is 8.12. The number of nitrogens with zero attached hydrogens (tertiary/aromatic N) is 1. The molecule has 3 N–H and O–H groups in total. The Balaban J connectivity index is 1.38. The molecule has 2 unspecified atom stereocenters. The van der Waals surface area contributed by atoms with E-state index in [9.17, 15) is 19.5 Å². The van der Waals surface area contributed by atoms with Gasteiger partial charge in [0, 0.05) is 11.3 Å². The highest BCUT2D eigenvalue weighted by Gasteiger charge is 2.77. The third-order valence-electron chi connectivity index (χ3n) is 9.44. The fourth-order valence-corrected chi connectivity index (χ4v) is 10.1. The van der Waals surface area contributed by atoms with Crippen LogP contribution in [0.3, 0.4) is 0 Å². The number of para-hydroxylation sites is 1. The standard InChI is InChI=1S/C34H36ClN3O4S/c1-21-10-9-15-25(35)28(21)37-31(41)29-34-17-16-33(2,43-34)26(30(40)36-19-23-13-7-4-8-14-23)27(34)32(42)38(29)24(20-39)18-22-11-5-3-6-12-22/h3-15,24,26-27,29,39H,16-20H2,1-2H3,(H,36,40)(H,37,41)/t24-,26-,27+,29?,33+,34?/m1/s1. The van der Waals surface area contributed by atoms with Crippen molar-refractivity contribution >= 4 is 46.8 Å². The molecule has 0 aliphatic carbocycles. The summed E-state index contributed by atoms with van der Waals surface area (Å²) in [5.74, 6) is -2.08. The van der Waals surface area contributed by atoms with E-state index in [1.54, 1.807) is 22.7 Å². The Morgan fingerprint density at radius 2 is 1.67 bits per heavy atom. The number of fused-ring (bicyclic) bond motifs is 1. The number of amides is 3. The molecule has 9 heteroatoms. The van der Waals surface area contributed by atoms with E-state index in [0.29, 0.717) is 36.5 Å². The van der Waals surface area contributed by atoms with Crippen LogP contribution in [0.2, 0.25) is 5.02 Å². The zero-order valence-electron chi connectivity index (χ0n) is 24.3. The molecule has 224 valence electrons. The van der Waals surface area contributed by atoms with Gasteiger partial charge in [-0.15, -0.1) is 11.8 Å². The quantitative estimate of drug-likeness (QED) is 0.314. The number of hydrogen-bond acceptors (Lipinski definition) is 5. The number of aryl methyl sites for hydroxylation is 1. The first kappa shape index (κ1) is 29.7. The van der Waals surface area contributed by atoms with Crippen molar-refractivity contribution in [3.05, 3.63) is 101 Å². The first-order valence-electron chi connectivity index (χ1n) is 14.7. The average Bonchev–Trinajstić information content (AvgIpc) is 3.58. The van der Waals surface area contributed by atoms with E-state index in [4.69, 9.17) is 11.6 Å². The fraction of sp³-hybridized carbons (Fsp3) is 0.382. The summed E-state index contributed by atoms with van der Waals surface area (Å²) in [6, 6.07) is 23.2. The van der Waals surface area contributed by atoms with Gasteiger partial charge in [0.05, 0.1) is 39.9 Å². The Morgan fingerprint density at radius 1 is 1.00 bits per heavy atom. The molecule has 43 heavy (non-hydrogen) atoms. The molecular weight excluding hydrogens is 582 g/mol.